The molecule has 0 amide bonds. The average Bonchev–Trinajstić information content (AvgIpc) is 1.82. The minimum Gasteiger partial charge on any atom is -0.396 e. The number of nitrogens with two attached hydrogens (primary N) is 1. The summed E-state index contributed by atoms with van der Waals surface area (Å²) >= 11 is 5.09. The van der Waals surface area contributed by atoms with Crippen LogP contribution >= 0.6 is 50.9 Å². The Morgan fingerprint density at radius 2 is 2.00 bits per heavy atom. The number of benzene rings is 1. The van der Waals surface area contributed by atoms with E-state index in [2.05, 4.69) is 15.9 Å². The minimum absolute atomic E-state index is 0. The summed E-state index contributed by atoms with van der Waals surface area (Å²) in [7, 11) is 0. The van der Waals surface area contributed by atoms with Gasteiger partial charge in [-0.3, -0.25) is 0 Å². The molecular weight excluding hydrogens is 347 g/mol. The van der Waals surface area contributed by atoms with Gasteiger partial charge in [0.1, 0.15) is 0 Å². The molecule has 0 aliphatic carbocycles. The molecule has 1 nitrogen and oxygen atoms in total. The quantitative estimate of drug-likeness (QED) is 0.433. The molecule has 1 rings (SSSR count). The maximum atomic E-state index is 12.8. The first-order valence-corrected chi connectivity index (χ1v) is 4.38. The fraction of sp³-hybridized carbons (Fsp3) is 0. The first-order valence-electron chi connectivity index (χ1n) is 2.51. The number of nitrogen functional groups attached to an aromatic ring is 1. The zero-order valence-corrected chi connectivity index (χ0v) is 9.83. The van der Waals surface area contributed by atoms with E-state index in [0.717, 1.165) is 4.47 Å². The van der Waals surface area contributed by atoms with Gasteiger partial charge in [-0.25, -0.2) is 4.39 Å². The van der Waals surface area contributed by atoms with Gasteiger partial charge in [-0.05, 0) is 34.7 Å². The largest absolute Gasteiger partial charge is 0.396 e. The number of hydrogen-bond acceptors (Lipinski definition) is 1. The van der Waals surface area contributed by atoms with E-state index in [1.54, 1.807) is 6.07 Å². The smallest absolute Gasteiger partial charge is 0.159 e. The van der Waals surface area contributed by atoms with Crippen LogP contribution in [0.3, 0.4) is 0 Å². The highest BCUT2D eigenvalue weighted by Gasteiger charge is 2.03. The highest BCUT2D eigenvalue weighted by Crippen LogP contribution is 2.22. The van der Waals surface area contributed by atoms with E-state index in [1.165, 1.54) is 6.07 Å². The molecule has 62 valence electrons. The second-order valence-corrected chi connectivity index (χ2v) is 3.87. The van der Waals surface area contributed by atoms with Gasteiger partial charge in [-0.15, -0.1) is 12.4 Å². The molecule has 0 heterocycles. The molecule has 1 aromatic carbocycles. The van der Waals surface area contributed by atoms with Crippen LogP contribution in [-0.4, -0.2) is 0 Å². The summed E-state index contributed by atoms with van der Waals surface area (Å²) in [6, 6.07) is 3.21. The molecule has 0 unspecified atom stereocenters. The fourth-order valence-corrected chi connectivity index (χ4v) is 2.13. The third-order valence-corrected chi connectivity index (χ3v) is 2.26. The van der Waals surface area contributed by atoms with E-state index >= 15 is 0 Å². The van der Waals surface area contributed by atoms with Gasteiger partial charge in [0.05, 0.1) is 9.26 Å². The summed E-state index contributed by atoms with van der Waals surface area (Å²) in [5.74, 6) is -0.344. The normalized spacial score (nSPS) is 9.00. The topological polar surface area (TPSA) is 26.0 Å². The second kappa shape index (κ2) is 4.47. The highest BCUT2D eigenvalue weighted by atomic mass is 127. The zero-order valence-electron chi connectivity index (χ0n) is 5.27. The summed E-state index contributed by atoms with van der Waals surface area (Å²) in [6.45, 7) is 0. The summed E-state index contributed by atoms with van der Waals surface area (Å²) in [6.07, 6.45) is 0. The van der Waals surface area contributed by atoms with Crippen LogP contribution < -0.4 is 5.73 Å². The number of hydrogen-bond donors (Lipinski definition) is 1. The van der Waals surface area contributed by atoms with Crippen LogP contribution in [0.15, 0.2) is 16.6 Å². The Labute approximate surface area is 92.2 Å². The Hall–Kier alpha value is 0.450. The van der Waals surface area contributed by atoms with Crippen molar-refractivity contribution in [1.29, 1.82) is 0 Å². The van der Waals surface area contributed by atoms with Crippen molar-refractivity contribution in [2.45, 2.75) is 0 Å². The molecule has 2 N–H and O–H groups in total. The predicted octanol–water partition coefficient (Wildman–Crippen LogP) is 3.20. The van der Waals surface area contributed by atoms with Crippen molar-refractivity contribution < 1.29 is 4.39 Å². The lowest BCUT2D eigenvalue weighted by Crippen LogP contribution is -1.92. The summed E-state index contributed by atoms with van der Waals surface area (Å²) in [5.41, 5.74) is 5.49. The van der Waals surface area contributed by atoms with Gasteiger partial charge in [0.15, 0.2) is 5.82 Å². The van der Waals surface area contributed by atoms with Gasteiger partial charge in [0.25, 0.3) is 0 Å². The molecule has 0 radical (unpaired) electrons. The molecule has 0 fully saturated rings. The number of halogens is 4. The van der Waals surface area contributed by atoms with Crippen molar-refractivity contribution in [1.82, 2.24) is 0 Å². The molecule has 0 aliphatic rings. The van der Waals surface area contributed by atoms with E-state index in [4.69, 9.17) is 5.73 Å². The van der Waals surface area contributed by atoms with E-state index in [-0.39, 0.29) is 23.9 Å². The van der Waals surface area contributed by atoms with E-state index < -0.39 is 0 Å². The lowest BCUT2D eigenvalue weighted by Gasteiger charge is -1.98. The lowest BCUT2D eigenvalue weighted by atomic mass is 10.3. The molecule has 0 bridgehead atoms. The van der Waals surface area contributed by atoms with Crippen LogP contribution in [0.1, 0.15) is 0 Å². The maximum absolute atomic E-state index is 12.8. The molecule has 0 saturated carbocycles. The Morgan fingerprint density at radius 1 is 1.45 bits per heavy atom. The Bertz CT molecular complexity index is 246. The third kappa shape index (κ3) is 2.76. The maximum Gasteiger partial charge on any atom is 0.159 e. The number of rotatable bonds is 0. The van der Waals surface area contributed by atoms with E-state index in [1.807, 2.05) is 22.6 Å². The van der Waals surface area contributed by atoms with Crippen LogP contribution in [-0.2, 0) is 0 Å². The average molecular weight is 352 g/mol. The SMILES string of the molecule is Cl.Nc1cc(Br)cc(I)c1F. The summed E-state index contributed by atoms with van der Waals surface area (Å²) in [5, 5.41) is 0. The van der Waals surface area contributed by atoms with Crippen LogP contribution in [0.5, 0.6) is 0 Å². The van der Waals surface area contributed by atoms with Crippen LogP contribution in [0.4, 0.5) is 10.1 Å². The van der Waals surface area contributed by atoms with Gasteiger partial charge in [-0.2, -0.15) is 0 Å². The highest BCUT2D eigenvalue weighted by molar-refractivity contribution is 14.1. The standard InChI is InChI=1S/C6H4BrFIN.ClH/c7-3-1-4(9)6(8)5(10)2-3;/h1-2H,10H2;1H. The van der Waals surface area contributed by atoms with Crippen molar-refractivity contribution in [3.63, 3.8) is 0 Å². The fourth-order valence-electron chi connectivity index (χ4n) is 0.576. The third-order valence-electron chi connectivity index (χ3n) is 1.02. The summed E-state index contributed by atoms with van der Waals surface area (Å²) in [4.78, 5) is 0. The molecule has 0 aromatic heterocycles. The molecule has 0 atom stereocenters. The van der Waals surface area contributed by atoms with Crippen LogP contribution in [0, 0.1) is 9.39 Å². The second-order valence-electron chi connectivity index (χ2n) is 1.79. The van der Waals surface area contributed by atoms with Crippen molar-refractivity contribution in [2.75, 3.05) is 5.73 Å². The Morgan fingerprint density at radius 3 is 2.45 bits per heavy atom. The summed E-state index contributed by atoms with van der Waals surface area (Å²) < 4.78 is 14.1. The van der Waals surface area contributed by atoms with E-state index in [0.29, 0.717) is 3.57 Å². The van der Waals surface area contributed by atoms with Gasteiger partial charge in [-0.1, -0.05) is 15.9 Å². The van der Waals surface area contributed by atoms with Crippen molar-refractivity contribution >= 4 is 56.6 Å². The first-order chi connectivity index (χ1) is 4.61. The minimum atomic E-state index is -0.344. The van der Waals surface area contributed by atoms with Crippen molar-refractivity contribution in [2.24, 2.45) is 0 Å². The molecular formula is C6H5BrClFIN. The first kappa shape index (κ1) is 11.4. The monoisotopic (exact) mass is 351 g/mol. The molecule has 0 saturated heterocycles. The molecule has 1 aromatic rings. The van der Waals surface area contributed by atoms with Crippen molar-refractivity contribution in [3.05, 3.63) is 26.0 Å². The molecule has 11 heavy (non-hydrogen) atoms. The van der Waals surface area contributed by atoms with Gasteiger partial charge in [0, 0.05) is 4.47 Å². The Balaban J connectivity index is 0.000001000. The molecule has 0 aliphatic heterocycles. The number of anilines is 1. The van der Waals surface area contributed by atoms with Crippen LogP contribution in [0.25, 0.3) is 0 Å². The molecule has 0 spiro atoms. The zero-order chi connectivity index (χ0) is 7.72. The van der Waals surface area contributed by atoms with Crippen LogP contribution in [0.2, 0.25) is 0 Å². The molecule has 5 heteroatoms. The van der Waals surface area contributed by atoms with Gasteiger partial charge in [0.2, 0.25) is 0 Å². The Kier molecular flexibility index (Phi) is 4.65. The van der Waals surface area contributed by atoms with E-state index in [9.17, 15) is 4.39 Å². The van der Waals surface area contributed by atoms with Gasteiger partial charge >= 0.3 is 0 Å². The predicted molar refractivity (Wildman–Crippen MR) is 58.5 cm³/mol. The van der Waals surface area contributed by atoms with Crippen molar-refractivity contribution in [3.8, 4) is 0 Å². The lowest BCUT2D eigenvalue weighted by molar-refractivity contribution is 0.625. The van der Waals surface area contributed by atoms with Gasteiger partial charge < -0.3 is 5.73 Å².